The Morgan fingerprint density at radius 2 is 2.47 bits per heavy atom. The molecule has 6 nitrogen and oxygen atoms in total. The second kappa shape index (κ2) is 6.65. The van der Waals surface area contributed by atoms with Crippen molar-refractivity contribution in [3.05, 3.63) is 6.33 Å². The van der Waals surface area contributed by atoms with Crippen LogP contribution in [0.25, 0.3) is 0 Å². The van der Waals surface area contributed by atoms with E-state index in [1.54, 1.807) is 0 Å². The van der Waals surface area contributed by atoms with E-state index < -0.39 is 6.10 Å². The Balaban J connectivity index is 1.86. The van der Waals surface area contributed by atoms with Crippen LogP contribution in [-0.4, -0.2) is 33.3 Å². The van der Waals surface area contributed by atoms with Crippen LogP contribution < -0.4 is 5.32 Å². The fraction of sp³-hybridized carbons (Fsp3) is 0.769. The molecule has 1 aliphatic rings. The molecule has 1 heterocycles. The molecule has 0 spiro atoms. The summed E-state index contributed by atoms with van der Waals surface area (Å²) in [5, 5.41) is 8.98. The summed E-state index contributed by atoms with van der Waals surface area (Å²) < 4.78 is 5.95. The first-order valence-electron chi connectivity index (χ1n) is 7.00. The van der Waals surface area contributed by atoms with E-state index in [0.29, 0.717) is 18.3 Å². The monoisotopic (exact) mass is 266 g/mol. The number of anilines is 1. The second-order valence-corrected chi connectivity index (χ2v) is 5.25. The van der Waals surface area contributed by atoms with E-state index in [1.807, 2.05) is 6.92 Å². The van der Waals surface area contributed by atoms with E-state index >= 15 is 0 Å². The minimum Gasteiger partial charge on any atom is -0.365 e. The molecule has 0 aliphatic heterocycles. The Morgan fingerprint density at radius 1 is 1.63 bits per heavy atom. The van der Waals surface area contributed by atoms with Crippen LogP contribution in [0, 0.1) is 5.92 Å². The van der Waals surface area contributed by atoms with Gasteiger partial charge < -0.3 is 4.74 Å². The van der Waals surface area contributed by atoms with Crippen molar-refractivity contribution >= 4 is 11.9 Å². The van der Waals surface area contributed by atoms with Crippen LogP contribution in [0.1, 0.15) is 46.0 Å². The molecule has 0 bridgehead atoms. The van der Waals surface area contributed by atoms with Gasteiger partial charge in [0.25, 0.3) is 5.91 Å². The normalized spacial score (nSPS) is 24.9. The van der Waals surface area contributed by atoms with Gasteiger partial charge >= 0.3 is 0 Å². The van der Waals surface area contributed by atoms with Gasteiger partial charge in [0.2, 0.25) is 5.95 Å². The molecule has 1 aromatic heterocycles. The fourth-order valence-corrected chi connectivity index (χ4v) is 2.54. The Morgan fingerprint density at radius 3 is 3.11 bits per heavy atom. The number of carbonyl (C=O) groups is 1. The van der Waals surface area contributed by atoms with Gasteiger partial charge in [0.1, 0.15) is 12.4 Å². The van der Waals surface area contributed by atoms with Gasteiger partial charge in [-0.2, -0.15) is 10.1 Å². The zero-order chi connectivity index (χ0) is 13.7. The van der Waals surface area contributed by atoms with E-state index in [4.69, 9.17) is 4.74 Å². The van der Waals surface area contributed by atoms with Gasteiger partial charge in [0.05, 0.1) is 6.10 Å². The largest absolute Gasteiger partial charge is 0.365 e. The second-order valence-electron chi connectivity index (χ2n) is 5.25. The summed E-state index contributed by atoms with van der Waals surface area (Å²) in [6.45, 7) is 4.20. The van der Waals surface area contributed by atoms with Crippen molar-refractivity contribution in [1.29, 1.82) is 0 Å². The maximum Gasteiger partial charge on any atom is 0.255 e. The number of nitrogens with one attached hydrogen (secondary N) is 2. The number of hydrogen-bond donors (Lipinski definition) is 2. The predicted octanol–water partition coefficient (Wildman–Crippen LogP) is 2.12. The standard InChI is InChI=1S/C13H22N4O2/c1-3-11(12(18)16-13-14-8-15-17-13)19-10-6-4-5-9(2)7-10/h8-11H,3-7H2,1-2H3,(H2,14,15,16,17,18)/t9-,10-,11-/m0/s1. The van der Waals surface area contributed by atoms with Crippen LogP contribution in [0.15, 0.2) is 6.33 Å². The Labute approximate surface area is 113 Å². The molecule has 6 heteroatoms. The lowest BCUT2D eigenvalue weighted by molar-refractivity contribution is -0.133. The molecular formula is C13H22N4O2. The highest BCUT2D eigenvalue weighted by atomic mass is 16.5. The molecule has 1 saturated carbocycles. The van der Waals surface area contributed by atoms with Gasteiger partial charge in [-0.1, -0.05) is 26.7 Å². The molecule has 0 radical (unpaired) electrons. The zero-order valence-electron chi connectivity index (χ0n) is 11.6. The van der Waals surface area contributed by atoms with Crippen molar-refractivity contribution in [2.45, 2.75) is 58.2 Å². The average molecular weight is 266 g/mol. The van der Waals surface area contributed by atoms with Crippen LogP contribution in [-0.2, 0) is 9.53 Å². The van der Waals surface area contributed by atoms with Crippen LogP contribution >= 0.6 is 0 Å². The molecule has 3 atom stereocenters. The SMILES string of the molecule is CC[C@H](O[C@H]1CCC[C@H](C)C1)C(=O)Nc1ncn[nH]1. The van der Waals surface area contributed by atoms with E-state index in [2.05, 4.69) is 27.4 Å². The number of H-pyrrole nitrogens is 1. The lowest BCUT2D eigenvalue weighted by Crippen LogP contribution is -2.35. The summed E-state index contributed by atoms with van der Waals surface area (Å²) in [5.41, 5.74) is 0. The highest BCUT2D eigenvalue weighted by molar-refractivity contribution is 5.92. The fourth-order valence-electron chi connectivity index (χ4n) is 2.54. The predicted molar refractivity (Wildman–Crippen MR) is 71.6 cm³/mol. The summed E-state index contributed by atoms with van der Waals surface area (Å²) in [4.78, 5) is 16.0. The first kappa shape index (κ1) is 14.0. The van der Waals surface area contributed by atoms with E-state index in [0.717, 1.165) is 12.8 Å². The molecule has 2 rings (SSSR count). The molecule has 0 saturated heterocycles. The summed E-state index contributed by atoms with van der Waals surface area (Å²) in [7, 11) is 0. The van der Waals surface area contributed by atoms with Crippen LogP contribution in [0.2, 0.25) is 0 Å². The first-order valence-corrected chi connectivity index (χ1v) is 7.00. The quantitative estimate of drug-likeness (QED) is 0.855. The van der Waals surface area contributed by atoms with Gasteiger partial charge in [-0.3, -0.25) is 10.1 Å². The molecule has 0 unspecified atom stereocenters. The molecule has 0 aromatic carbocycles. The van der Waals surface area contributed by atoms with Crippen molar-refractivity contribution in [2.75, 3.05) is 5.32 Å². The van der Waals surface area contributed by atoms with Gasteiger partial charge in [-0.05, 0) is 25.2 Å². The summed E-state index contributed by atoms with van der Waals surface area (Å²) >= 11 is 0. The van der Waals surface area contributed by atoms with Gasteiger partial charge in [-0.15, -0.1) is 0 Å². The smallest absolute Gasteiger partial charge is 0.255 e. The van der Waals surface area contributed by atoms with Crippen molar-refractivity contribution in [3.8, 4) is 0 Å². The minimum atomic E-state index is -0.416. The van der Waals surface area contributed by atoms with Gasteiger partial charge in [0.15, 0.2) is 0 Å². The lowest BCUT2D eigenvalue weighted by atomic mass is 9.88. The summed E-state index contributed by atoms with van der Waals surface area (Å²) in [6.07, 6.45) is 6.36. The van der Waals surface area contributed by atoms with E-state index in [1.165, 1.54) is 19.2 Å². The molecule has 19 heavy (non-hydrogen) atoms. The number of rotatable bonds is 5. The number of carbonyl (C=O) groups excluding carboxylic acids is 1. The first-order chi connectivity index (χ1) is 9.19. The Bertz CT molecular complexity index is 393. The number of hydrogen-bond acceptors (Lipinski definition) is 4. The van der Waals surface area contributed by atoms with Gasteiger partial charge in [0, 0.05) is 0 Å². The maximum absolute atomic E-state index is 12.1. The number of aromatic amines is 1. The van der Waals surface area contributed by atoms with Crippen molar-refractivity contribution in [2.24, 2.45) is 5.92 Å². The Kier molecular flexibility index (Phi) is 4.90. The molecule has 1 fully saturated rings. The molecule has 1 aromatic rings. The van der Waals surface area contributed by atoms with Gasteiger partial charge in [-0.25, -0.2) is 5.10 Å². The zero-order valence-corrected chi connectivity index (χ0v) is 11.6. The third-order valence-electron chi connectivity index (χ3n) is 3.56. The number of amides is 1. The van der Waals surface area contributed by atoms with Crippen LogP contribution in [0.4, 0.5) is 5.95 Å². The maximum atomic E-state index is 12.1. The average Bonchev–Trinajstić information content (AvgIpc) is 2.88. The number of nitrogens with zero attached hydrogens (tertiary/aromatic N) is 2. The third kappa shape index (κ3) is 4.02. The molecule has 2 N–H and O–H groups in total. The highest BCUT2D eigenvalue weighted by Gasteiger charge is 2.26. The molecule has 106 valence electrons. The molecule has 1 amide bonds. The lowest BCUT2D eigenvalue weighted by Gasteiger charge is -2.29. The minimum absolute atomic E-state index is 0.155. The van der Waals surface area contributed by atoms with Crippen LogP contribution in [0.5, 0.6) is 0 Å². The highest BCUT2D eigenvalue weighted by Crippen LogP contribution is 2.27. The number of aromatic nitrogens is 3. The molecule has 1 aliphatic carbocycles. The van der Waals surface area contributed by atoms with E-state index in [9.17, 15) is 4.79 Å². The number of ether oxygens (including phenoxy) is 1. The summed E-state index contributed by atoms with van der Waals surface area (Å²) in [6, 6.07) is 0. The van der Waals surface area contributed by atoms with Crippen molar-refractivity contribution < 1.29 is 9.53 Å². The van der Waals surface area contributed by atoms with E-state index in [-0.39, 0.29) is 12.0 Å². The topological polar surface area (TPSA) is 79.9 Å². The Hall–Kier alpha value is -1.43. The molecular weight excluding hydrogens is 244 g/mol. The van der Waals surface area contributed by atoms with Crippen LogP contribution in [0.3, 0.4) is 0 Å². The van der Waals surface area contributed by atoms with Crippen molar-refractivity contribution in [3.63, 3.8) is 0 Å². The van der Waals surface area contributed by atoms with Crippen molar-refractivity contribution in [1.82, 2.24) is 15.2 Å². The third-order valence-corrected chi connectivity index (χ3v) is 3.56. The summed E-state index contributed by atoms with van der Waals surface area (Å²) in [5.74, 6) is 0.898.